The lowest BCUT2D eigenvalue weighted by atomic mass is 10.1. The van der Waals surface area contributed by atoms with Gasteiger partial charge in [0.15, 0.2) is 5.84 Å². The predicted octanol–water partition coefficient (Wildman–Crippen LogP) is 1.65. The Morgan fingerprint density at radius 2 is 2.00 bits per heavy atom. The van der Waals surface area contributed by atoms with Gasteiger partial charge >= 0.3 is 0 Å². The molecule has 0 radical (unpaired) electrons. The lowest BCUT2D eigenvalue weighted by Crippen LogP contribution is -2.33. The van der Waals surface area contributed by atoms with Crippen LogP contribution in [0.5, 0.6) is 5.75 Å². The lowest BCUT2D eigenvalue weighted by Gasteiger charge is -2.21. The van der Waals surface area contributed by atoms with Gasteiger partial charge in [-0.05, 0) is 42.7 Å². The standard InChI is InChI=1S/C20H21N5O6S2/c1-11(2)7-9-25-19-13(4-3-8-21-19)17(26)16(20(25)27)18-22-14-6-5-12(23-32(28)29)10-15(14)33(30,31)24-18/h3-6,8,10-11,26,32H,7,9H2,1-2H3,(H,22,24)(H,23,28,29). The van der Waals surface area contributed by atoms with E-state index in [0.717, 1.165) is 6.07 Å². The zero-order valence-electron chi connectivity index (χ0n) is 17.6. The molecule has 174 valence electrons. The van der Waals surface area contributed by atoms with Crippen molar-refractivity contribution in [3.63, 3.8) is 0 Å². The first-order valence-electron chi connectivity index (χ1n) is 9.96. The van der Waals surface area contributed by atoms with E-state index in [4.69, 9.17) is 0 Å². The molecule has 0 bridgehead atoms. The van der Waals surface area contributed by atoms with E-state index in [1.165, 1.54) is 22.9 Å². The zero-order chi connectivity index (χ0) is 23.9. The summed E-state index contributed by atoms with van der Waals surface area (Å²) < 4.78 is 54.8. The molecule has 1 aliphatic heterocycles. The van der Waals surface area contributed by atoms with Crippen molar-refractivity contribution in [2.24, 2.45) is 10.3 Å². The number of aromatic hydroxyl groups is 1. The Bertz CT molecular complexity index is 1530. The topological polar surface area (TPSA) is 160 Å². The third-order valence-electron chi connectivity index (χ3n) is 5.10. The average molecular weight is 492 g/mol. The number of nitrogens with zero attached hydrogens (tertiary/aromatic N) is 3. The van der Waals surface area contributed by atoms with Gasteiger partial charge in [0.25, 0.3) is 15.6 Å². The van der Waals surface area contributed by atoms with E-state index in [2.05, 4.69) is 19.4 Å². The molecule has 0 saturated heterocycles. The number of benzene rings is 1. The van der Waals surface area contributed by atoms with Gasteiger partial charge < -0.3 is 10.4 Å². The van der Waals surface area contributed by atoms with Crippen LogP contribution in [0, 0.1) is 5.92 Å². The molecule has 3 N–H and O–H groups in total. The van der Waals surface area contributed by atoms with Gasteiger partial charge in [0, 0.05) is 18.4 Å². The molecule has 0 saturated carbocycles. The fourth-order valence-corrected chi connectivity index (χ4v) is 5.01. The highest BCUT2D eigenvalue weighted by Crippen LogP contribution is 2.33. The summed E-state index contributed by atoms with van der Waals surface area (Å²) in [7, 11) is -7.30. The Balaban J connectivity index is 1.90. The van der Waals surface area contributed by atoms with Gasteiger partial charge in [-0.15, -0.1) is 4.40 Å². The highest BCUT2D eigenvalue weighted by molar-refractivity contribution is 7.90. The van der Waals surface area contributed by atoms with Gasteiger partial charge in [0.1, 0.15) is 21.9 Å². The van der Waals surface area contributed by atoms with Gasteiger partial charge in [-0.25, -0.2) is 13.4 Å². The molecule has 2 aromatic heterocycles. The van der Waals surface area contributed by atoms with Crippen LogP contribution in [0.2, 0.25) is 0 Å². The summed E-state index contributed by atoms with van der Waals surface area (Å²) in [5.74, 6) is -0.475. The normalized spacial score (nSPS) is 14.7. The predicted molar refractivity (Wildman–Crippen MR) is 125 cm³/mol. The van der Waals surface area contributed by atoms with Gasteiger partial charge in [0.05, 0.1) is 11.1 Å². The fraction of sp³-hybridized carbons (Fsp3) is 0.250. The molecule has 3 heterocycles. The number of hydrogen-bond acceptors (Lipinski definition) is 8. The number of aryl methyl sites for hydroxylation is 1. The highest BCUT2D eigenvalue weighted by atomic mass is 32.2. The van der Waals surface area contributed by atoms with Gasteiger partial charge in [-0.3, -0.25) is 14.1 Å². The van der Waals surface area contributed by atoms with Crippen molar-refractivity contribution < 1.29 is 21.9 Å². The minimum atomic E-state index is -4.31. The summed E-state index contributed by atoms with van der Waals surface area (Å²) in [6.07, 6.45) is 2.17. The van der Waals surface area contributed by atoms with Crippen LogP contribution in [-0.4, -0.2) is 37.3 Å². The van der Waals surface area contributed by atoms with Crippen molar-refractivity contribution >= 4 is 49.2 Å². The number of sulfonamides is 1. The molecule has 4 rings (SSSR count). The fourth-order valence-electron chi connectivity index (χ4n) is 3.51. The SMILES string of the molecule is CC(C)CCn1c(=O)c(C2=NS(=O)(=O)c3cc(N[SH](=O)=O)ccc3N2)c(O)c2cccnc21. The first-order valence-corrected chi connectivity index (χ1v) is 12.6. The van der Waals surface area contributed by atoms with Gasteiger partial charge in [-0.1, -0.05) is 13.8 Å². The van der Waals surface area contributed by atoms with Crippen molar-refractivity contribution in [3.8, 4) is 5.75 Å². The van der Waals surface area contributed by atoms with E-state index in [1.54, 1.807) is 12.1 Å². The number of nitrogens with one attached hydrogen (secondary N) is 2. The third kappa shape index (κ3) is 4.28. The molecule has 11 nitrogen and oxygen atoms in total. The van der Waals surface area contributed by atoms with Crippen LogP contribution in [0.15, 0.2) is 50.6 Å². The molecule has 0 unspecified atom stereocenters. The maximum absolute atomic E-state index is 13.4. The number of thiol groups is 1. The van der Waals surface area contributed by atoms with E-state index in [1.807, 2.05) is 13.8 Å². The maximum Gasteiger partial charge on any atom is 0.286 e. The van der Waals surface area contributed by atoms with Gasteiger partial charge in [0.2, 0.25) is 10.9 Å². The Kier molecular flexibility index (Phi) is 5.84. The number of amidine groups is 1. The molecule has 1 aliphatic rings. The highest BCUT2D eigenvalue weighted by Gasteiger charge is 2.30. The molecule has 0 amide bonds. The molecular weight excluding hydrogens is 470 g/mol. The third-order valence-corrected chi connectivity index (χ3v) is 6.86. The second-order valence-electron chi connectivity index (χ2n) is 7.86. The summed E-state index contributed by atoms with van der Waals surface area (Å²) in [4.78, 5) is 17.3. The van der Waals surface area contributed by atoms with Crippen molar-refractivity contribution in [1.82, 2.24) is 9.55 Å². The Morgan fingerprint density at radius 3 is 2.70 bits per heavy atom. The monoisotopic (exact) mass is 491 g/mol. The molecule has 3 aromatic rings. The molecule has 13 heteroatoms. The first kappa shape index (κ1) is 22.7. The second kappa shape index (κ2) is 8.48. The van der Waals surface area contributed by atoms with Crippen molar-refractivity contribution in [2.75, 3.05) is 10.0 Å². The minimum Gasteiger partial charge on any atom is -0.506 e. The lowest BCUT2D eigenvalue weighted by molar-refractivity contribution is 0.473. The van der Waals surface area contributed by atoms with E-state index in [9.17, 15) is 26.7 Å². The summed E-state index contributed by atoms with van der Waals surface area (Å²) >= 11 is 0. The second-order valence-corrected chi connectivity index (χ2v) is 10.2. The molecule has 33 heavy (non-hydrogen) atoms. The zero-order valence-corrected chi connectivity index (χ0v) is 19.4. The van der Waals surface area contributed by atoms with E-state index in [0.29, 0.717) is 13.0 Å². The largest absolute Gasteiger partial charge is 0.506 e. The van der Waals surface area contributed by atoms with Crippen molar-refractivity contribution in [1.29, 1.82) is 0 Å². The van der Waals surface area contributed by atoms with E-state index in [-0.39, 0.29) is 44.6 Å². The molecule has 1 aromatic carbocycles. The molecule has 0 atom stereocenters. The maximum atomic E-state index is 13.4. The number of anilines is 2. The van der Waals surface area contributed by atoms with Crippen molar-refractivity contribution in [3.05, 3.63) is 52.4 Å². The summed E-state index contributed by atoms with van der Waals surface area (Å²) in [6, 6.07) is 7.01. The number of rotatable bonds is 6. The van der Waals surface area contributed by atoms with Crippen LogP contribution in [-0.2, 0) is 27.5 Å². The summed E-state index contributed by atoms with van der Waals surface area (Å²) in [5, 5.41) is 14.0. The van der Waals surface area contributed by atoms with Crippen LogP contribution in [0.4, 0.5) is 11.4 Å². The smallest absolute Gasteiger partial charge is 0.286 e. The summed E-state index contributed by atoms with van der Waals surface area (Å²) in [6.45, 7) is 4.32. The summed E-state index contributed by atoms with van der Waals surface area (Å²) in [5.41, 5.74) is -0.509. The number of pyridine rings is 2. The van der Waals surface area contributed by atoms with Crippen LogP contribution < -0.4 is 15.6 Å². The van der Waals surface area contributed by atoms with Crippen LogP contribution >= 0.6 is 0 Å². The van der Waals surface area contributed by atoms with E-state index < -0.39 is 32.2 Å². The molecular formula is C20H21N5O6S2. The van der Waals surface area contributed by atoms with Crippen LogP contribution in [0.1, 0.15) is 25.8 Å². The van der Waals surface area contributed by atoms with Crippen LogP contribution in [0.3, 0.4) is 0 Å². The minimum absolute atomic E-state index is 0.0459. The number of aromatic nitrogens is 2. The molecule has 0 spiro atoms. The Hall–Kier alpha value is -3.45. The van der Waals surface area contributed by atoms with Crippen molar-refractivity contribution in [2.45, 2.75) is 31.7 Å². The quantitative estimate of drug-likeness (QED) is 0.379. The Morgan fingerprint density at radius 1 is 1.24 bits per heavy atom. The average Bonchev–Trinajstić information content (AvgIpc) is 2.73. The van der Waals surface area contributed by atoms with E-state index >= 15 is 0 Å². The first-order chi connectivity index (χ1) is 15.6. The molecule has 0 fully saturated rings. The van der Waals surface area contributed by atoms with Crippen LogP contribution in [0.25, 0.3) is 11.0 Å². The molecule has 0 aliphatic carbocycles. The number of fused-ring (bicyclic) bond motifs is 2. The van der Waals surface area contributed by atoms with Gasteiger partial charge in [-0.2, -0.15) is 8.42 Å². The Labute approximate surface area is 191 Å². The number of hydrogen-bond donors (Lipinski definition) is 4.